The van der Waals surface area contributed by atoms with Crippen molar-refractivity contribution in [1.82, 2.24) is 0 Å². The van der Waals surface area contributed by atoms with Crippen molar-refractivity contribution in [2.75, 3.05) is 13.2 Å². The van der Waals surface area contributed by atoms with E-state index in [9.17, 15) is 0 Å². The number of hydrogen-bond donors (Lipinski definition) is 1. The van der Waals surface area contributed by atoms with Crippen LogP contribution in [0.15, 0.2) is 18.2 Å². The molecule has 3 rings (SSSR count). The third-order valence-electron chi connectivity index (χ3n) is 4.00. The molecule has 3 heteroatoms. The maximum absolute atomic E-state index is 6.14. The van der Waals surface area contributed by atoms with Crippen LogP contribution in [0.25, 0.3) is 0 Å². The summed E-state index contributed by atoms with van der Waals surface area (Å²) in [4.78, 5) is 0. The molecule has 0 aromatic heterocycles. The second kappa shape index (κ2) is 5.19. The highest BCUT2D eigenvalue weighted by molar-refractivity contribution is 5.44. The van der Waals surface area contributed by atoms with E-state index in [1.54, 1.807) is 0 Å². The van der Waals surface area contributed by atoms with Crippen LogP contribution in [0, 0.1) is 0 Å². The second-order valence-corrected chi connectivity index (χ2v) is 5.38. The van der Waals surface area contributed by atoms with Crippen molar-refractivity contribution >= 4 is 0 Å². The zero-order valence-corrected chi connectivity index (χ0v) is 10.7. The quantitative estimate of drug-likeness (QED) is 0.776. The van der Waals surface area contributed by atoms with Gasteiger partial charge in [0.2, 0.25) is 0 Å². The topological polar surface area (TPSA) is 44.5 Å². The number of fused-ring (bicyclic) bond motifs is 1. The van der Waals surface area contributed by atoms with Crippen molar-refractivity contribution in [2.45, 2.75) is 44.1 Å². The van der Waals surface area contributed by atoms with Gasteiger partial charge >= 0.3 is 0 Å². The van der Waals surface area contributed by atoms with Crippen molar-refractivity contribution in [1.29, 1.82) is 0 Å². The van der Waals surface area contributed by atoms with Crippen LogP contribution in [0.3, 0.4) is 0 Å². The molecule has 0 amide bonds. The molecule has 1 saturated carbocycles. The lowest BCUT2D eigenvalue weighted by molar-refractivity contribution is 0.171. The maximum atomic E-state index is 6.14. The summed E-state index contributed by atoms with van der Waals surface area (Å²) >= 11 is 0. The minimum absolute atomic E-state index is 0.353. The molecule has 2 atom stereocenters. The van der Waals surface area contributed by atoms with Crippen LogP contribution in [-0.4, -0.2) is 19.3 Å². The van der Waals surface area contributed by atoms with Gasteiger partial charge in [0.15, 0.2) is 11.5 Å². The van der Waals surface area contributed by atoms with E-state index in [2.05, 4.69) is 12.1 Å². The number of ether oxygens (including phenoxy) is 2. The summed E-state index contributed by atoms with van der Waals surface area (Å²) in [6.07, 6.45) is 6.06. The van der Waals surface area contributed by atoms with Crippen molar-refractivity contribution < 1.29 is 9.47 Å². The van der Waals surface area contributed by atoms with E-state index in [0.717, 1.165) is 17.9 Å². The fourth-order valence-corrected chi connectivity index (χ4v) is 3.02. The summed E-state index contributed by atoms with van der Waals surface area (Å²) in [6.45, 7) is 1.31. The Hall–Kier alpha value is -1.22. The molecule has 1 aliphatic heterocycles. The molecule has 0 bridgehead atoms. The monoisotopic (exact) mass is 247 g/mol. The highest BCUT2D eigenvalue weighted by Gasteiger charge is 2.21. The molecule has 1 aromatic rings. The Morgan fingerprint density at radius 2 is 1.78 bits per heavy atom. The average Bonchev–Trinajstić information content (AvgIpc) is 2.63. The predicted octanol–water partition coefficient (Wildman–Crippen LogP) is 2.83. The summed E-state index contributed by atoms with van der Waals surface area (Å²) in [5.41, 5.74) is 7.50. The van der Waals surface area contributed by atoms with Gasteiger partial charge in [0, 0.05) is 6.04 Å². The molecule has 98 valence electrons. The normalized spacial score (nSPS) is 27.6. The van der Waals surface area contributed by atoms with Gasteiger partial charge in [-0.1, -0.05) is 18.9 Å². The van der Waals surface area contributed by atoms with Crippen LogP contribution in [0.4, 0.5) is 0 Å². The number of benzene rings is 1. The van der Waals surface area contributed by atoms with Crippen molar-refractivity contribution in [3.8, 4) is 11.5 Å². The summed E-state index contributed by atoms with van der Waals surface area (Å²) in [7, 11) is 0. The van der Waals surface area contributed by atoms with E-state index in [1.807, 2.05) is 6.07 Å². The van der Waals surface area contributed by atoms with Gasteiger partial charge in [-0.05, 0) is 42.9 Å². The zero-order chi connectivity index (χ0) is 12.4. The van der Waals surface area contributed by atoms with E-state index in [4.69, 9.17) is 15.2 Å². The first-order valence-corrected chi connectivity index (χ1v) is 6.98. The predicted molar refractivity (Wildman–Crippen MR) is 71.2 cm³/mol. The molecular weight excluding hydrogens is 226 g/mol. The molecule has 1 aromatic carbocycles. The van der Waals surface area contributed by atoms with Crippen molar-refractivity contribution in [3.05, 3.63) is 23.8 Å². The van der Waals surface area contributed by atoms with Crippen LogP contribution in [0.5, 0.6) is 11.5 Å². The summed E-state index contributed by atoms with van der Waals surface area (Å²) in [5.74, 6) is 2.36. The van der Waals surface area contributed by atoms with Crippen LogP contribution < -0.4 is 15.2 Å². The fraction of sp³-hybridized carbons (Fsp3) is 0.600. The Bertz CT molecular complexity index is 419. The lowest BCUT2D eigenvalue weighted by Crippen LogP contribution is -2.21. The van der Waals surface area contributed by atoms with Gasteiger partial charge in [-0.2, -0.15) is 0 Å². The molecule has 2 N–H and O–H groups in total. The third-order valence-corrected chi connectivity index (χ3v) is 4.00. The highest BCUT2D eigenvalue weighted by atomic mass is 16.6. The van der Waals surface area contributed by atoms with Crippen LogP contribution >= 0.6 is 0 Å². The number of hydrogen-bond acceptors (Lipinski definition) is 3. The van der Waals surface area contributed by atoms with Gasteiger partial charge < -0.3 is 15.2 Å². The molecule has 2 unspecified atom stereocenters. The van der Waals surface area contributed by atoms with Gasteiger partial charge in [0.05, 0.1) is 0 Å². The average molecular weight is 247 g/mol. The summed E-state index contributed by atoms with van der Waals surface area (Å²) in [5, 5.41) is 0. The lowest BCUT2D eigenvalue weighted by Gasteiger charge is -2.22. The standard InChI is InChI=1S/C15H21NO2/c16-13-4-2-1-3-11(9-13)12-5-6-14-15(10-12)18-8-7-17-14/h5-6,10-11,13H,1-4,7-9,16H2. The largest absolute Gasteiger partial charge is 0.486 e. The maximum Gasteiger partial charge on any atom is 0.161 e. The molecule has 1 aliphatic carbocycles. The number of rotatable bonds is 1. The van der Waals surface area contributed by atoms with E-state index in [1.165, 1.54) is 31.2 Å². The molecule has 1 fully saturated rings. The Morgan fingerprint density at radius 3 is 2.67 bits per heavy atom. The Balaban J connectivity index is 1.82. The molecule has 0 radical (unpaired) electrons. The molecular formula is C15H21NO2. The molecule has 3 nitrogen and oxygen atoms in total. The fourth-order valence-electron chi connectivity index (χ4n) is 3.02. The third kappa shape index (κ3) is 2.46. The smallest absolute Gasteiger partial charge is 0.161 e. The van der Waals surface area contributed by atoms with E-state index in [0.29, 0.717) is 25.2 Å². The Kier molecular flexibility index (Phi) is 3.41. The van der Waals surface area contributed by atoms with Gasteiger partial charge in [-0.15, -0.1) is 0 Å². The number of nitrogens with two attached hydrogens (primary N) is 1. The van der Waals surface area contributed by atoms with E-state index >= 15 is 0 Å². The zero-order valence-electron chi connectivity index (χ0n) is 10.7. The molecule has 18 heavy (non-hydrogen) atoms. The minimum Gasteiger partial charge on any atom is -0.486 e. The summed E-state index contributed by atoms with van der Waals surface area (Å²) in [6, 6.07) is 6.72. The SMILES string of the molecule is NC1CCCCC(c2ccc3c(c2)OCCO3)C1. The molecule has 0 spiro atoms. The van der Waals surface area contributed by atoms with Crippen LogP contribution in [0.2, 0.25) is 0 Å². The van der Waals surface area contributed by atoms with Gasteiger partial charge in [-0.25, -0.2) is 0 Å². The first kappa shape index (κ1) is 11.8. The minimum atomic E-state index is 0.353. The molecule has 1 heterocycles. The molecule has 2 aliphatic rings. The lowest BCUT2D eigenvalue weighted by atomic mass is 9.90. The van der Waals surface area contributed by atoms with Crippen molar-refractivity contribution in [3.63, 3.8) is 0 Å². The molecule has 0 saturated heterocycles. The van der Waals surface area contributed by atoms with Gasteiger partial charge in [-0.3, -0.25) is 0 Å². The summed E-state index contributed by atoms with van der Waals surface area (Å²) < 4.78 is 11.2. The van der Waals surface area contributed by atoms with E-state index in [-0.39, 0.29) is 0 Å². The van der Waals surface area contributed by atoms with Gasteiger partial charge in [0.1, 0.15) is 13.2 Å². The Labute approximate surface area is 108 Å². The first-order chi connectivity index (χ1) is 8.83. The van der Waals surface area contributed by atoms with Gasteiger partial charge in [0.25, 0.3) is 0 Å². The Morgan fingerprint density at radius 1 is 1.00 bits per heavy atom. The van der Waals surface area contributed by atoms with E-state index < -0.39 is 0 Å². The highest BCUT2D eigenvalue weighted by Crippen LogP contribution is 2.37. The van der Waals surface area contributed by atoms with Crippen LogP contribution in [-0.2, 0) is 0 Å². The first-order valence-electron chi connectivity index (χ1n) is 6.98. The second-order valence-electron chi connectivity index (χ2n) is 5.38. The van der Waals surface area contributed by atoms with Crippen LogP contribution in [0.1, 0.15) is 43.6 Å². The van der Waals surface area contributed by atoms with Crippen molar-refractivity contribution in [2.24, 2.45) is 5.73 Å².